The van der Waals surface area contributed by atoms with Gasteiger partial charge < -0.3 is 22.9 Å². The predicted molar refractivity (Wildman–Crippen MR) is 73.3 cm³/mol. The largest absolute Gasteiger partial charge is 0.399 e. The summed E-state index contributed by atoms with van der Waals surface area (Å²) in [6.45, 7) is 0. The molecule has 8 N–H and O–H groups in total. The average Bonchev–Trinajstić information content (AvgIpc) is 2.21. The lowest BCUT2D eigenvalue weighted by Gasteiger charge is -2.08. The van der Waals surface area contributed by atoms with Gasteiger partial charge in [0.2, 0.25) is 0 Å². The van der Waals surface area contributed by atoms with Crippen LogP contribution >= 0.6 is 0 Å². The number of nitrogens with two attached hydrogens (primary N) is 4. The Morgan fingerprint density at radius 3 is 1.94 bits per heavy atom. The standard InChI is InChI=1S/C13H16N4/c14-10-2-1-9(13(17)7-10)3-8-4-11(15)6-12(16)5-8/h1-2,4-7H,3,14-17H2. The van der Waals surface area contributed by atoms with Gasteiger partial charge in [-0.25, -0.2) is 0 Å². The first-order chi connectivity index (χ1) is 8.04. The van der Waals surface area contributed by atoms with Gasteiger partial charge in [0.15, 0.2) is 0 Å². The van der Waals surface area contributed by atoms with Gasteiger partial charge in [0.25, 0.3) is 0 Å². The summed E-state index contributed by atoms with van der Waals surface area (Å²) in [5, 5.41) is 0. The molecule has 4 heteroatoms. The van der Waals surface area contributed by atoms with Crippen molar-refractivity contribution in [2.45, 2.75) is 6.42 Å². The van der Waals surface area contributed by atoms with Gasteiger partial charge in [-0.1, -0.05) is 6.07 Å². The number of nitrogen functional groups attached to an aromatic ring is 4. The normalized spacial score (nSPS) is 10.4. The molecule has 0 amide bonds. The number of rotatable bonds is 2. The Morgan fingerprint density at radius 1 is 0.706 bits per heavy atom. The fourth-order valence-corrected chi connectivity index (χ4v) is 1.84. The summed E-state index contributed by atoms with van der Waals surface area (Å²) in [7, 11) is 0. The summed E-state index contributed by atoms with van der Waals surface area (Å²) in [5.74, 6) is 0. The summed E-state index contributed by atoms with van der Waals surface area (Å²) < 4.78 is 0. The van der Waals surface area contributed by atoms with Crippen LogP contribution in [0.5, 0.6) is 0 Å². The van der Waals surface area contributed by atoms with Gasteiger partial charge in [0.1, 0.15) is 0 Å². The smallest absolute Gasteiger partial charge is 0.0370 e. The van der Waals surface area contributed by atoms with Crippen LogP contribution in [-0.4, -0.2) is 0 Å². The quantitative estimate of drug-likeness (QED) is 0.586. The fourth-order valence-electron chi connectivity index (χ4n) is 1.84. The van der Waals surface area contributed by atoms with Crippen LogP contribution in [0.25, 0.3) is 0 Å². The maximum Gasteiger partial charge on any atom is 0.0370 e. The Labute approximate surface area is 100 Å². The van der Waals surface area contributed by atoms with Crippen LogP contribution in [0.2, 0.25) is 0 Å². The van der Waals surface area contributed by atoms with Gasteiger partial charge in [0, 0.05) is 22.7 Å². The summed E-state index contributed by atoms with van der Waals surface area (Å²) in [5.41, 5.74) is 27.8. The maximum absolute atomic E-state index is 5.90. The van der Waals surface area contributed by atoms with Crippen molar-refractivity contribution in [1.82, 2.24) is 0 Å². The minimum Gasteiger partial charge on any atom is -0.399 e. The minimum absolute atomic E-state index is 0.661. The molecule has 0 aliphatic heterocycles. The van der Waals surface area contributed by atoms with Crippen LogP contribution in [-0.2, 0) is 6.42 Å². The van der Waals surface area contributed by atoms with Crippen LogP contribution in [0.1, 0.15) is 11.1 Å². The van der Waals surface area contributed by atoms with Crippen LogP contribution in [0.4, 0.5) is 22.7 Å². The van der Waals surface area contributed by atoms with E-state index in [2.05, 4.69) is 0 Å². The molecule has 0 saturated heterocycles. The monoisotopic (exact) mass is 228 g/mol. The molecular weight excluding hydrogens is 212 g/mol. The zero-order valence-electron chi connectivity index (χ0n) is 9.48. The topological polar surface area (TPSA) is 104 Å². The molecule has 0 atom stereocenters. The fraction of sp³-hybridized carbons (Fsp3) is 0.0769. The van der Waals surface area contributed by atoms with Gasteiger partial charge in [-0.05, 0) is 47.9 Å². The van der Waals surface area contributed by atoms with Gasteiger partial charge in [-0.2, -0.15) is 0 Å². The molecule has 2 rings (SSSR count). The first kappa shape index (κ1) is 11.1. The van der Waals surface area contributed by atoms with Crippen molar-refractivity contribution < 1.29 is 0 Å². The molecule has 0 bridgehead atoms. The first-order valence-corrected chi connectivity index (χ1v) is 5.33. The summed E-state index contributed by atoms with van der Waals surface area (Å²) in [6, 6.07) is 11.0. The van der Waals surface area contributed by atoms with Gasteiger partial charge in [-0.3, -0.25) is 0 Å². The van der Waals surface area contributed by atoms with E-state index in [-0.39, 0.29) is 0 Å². The lowest BCUT2D eigenvalue weighted by Crippen LogP contribution is -1.99. The highest BCUT2D eigenvalue weighted by Crippen LogP contribution is 2.22. The van der Waals surface area contributed by atoms with E-state index in [1.54, 1.807) is 12.1 Å². The van der Waals surface area contributed by atoms with Crippen molar-refractivity contribution in [1.29, 1.82) is 0 Å². The second-order valence-electron chi connectivity index (χ2n) is 4.14. The summed E-state index contributed by atoms with van der Waals surface area (Å²) >= 11 is 0. The molecule has 0 fully saturated rings. The third kappa shape index (κ3) is 2.60. The van der Waals surface area contributed by atoms with E-state index in [0.717, 1.165) is 11.1 Å². The molecule has 0 heterocycles. The number of hydrogen-bond acceptors (Lipinski definition) is 4. The number of anilines is 4. The Morgan fingerprint density at radius 2 is 1.35 bits per heavy atom. The molecule has 0 aliphatic rings. The van der Waals surface area contributed by atoms with Crippen molar-refractivity contribution in [2.75, 3.05) is 22.9 Å². The molecule has 17 heavy (non-hydrogen) atoms. The average molecular weight is 228 g/mol. The maximum atomic E-state index is 5.90. The molecule has 2 aromatic carbocycles. The molecular formula is C13H16N4. The molecule has 2 aromatic rings. The molecule has 4 nitrogen and oxygen atoms in total. The van der Waals surface area contributed by atoms with Crippen molar-refractivity contribution in [3.8, 4) is 0 Å². The summed E-state index contributed by atoms with van der Waals surface area (Å²) in [4.78, 5) is 0. The van der Waals surface area contributed by atoms with E-state index < -0.39 is 0 Å². The Hall–Kier alpha value is -2.36. The van der Waals surface area contributed by atoms with E-state index in [1.807, 2.05) is 24.3 Å². The van der Waals surface area contributed by atoms with Crippen LogP contribution < -0.4 is 22.9 Å². The van der Waals surface area contributed by atoms with E-state index in [4.69, 9.17) is 22.9 Å². The van der Waals surface area contributed by atoms with Gasteiger partial charge in [-0.15, -0.1) is 0 Å². The van der Waals surface area contributed by atoms with Crippen LogP contribution in [0, 0.1) is 0 Å². The third-order valence-corrected chi connectivity index (χ3v) is 2.60. The highest BCUT2D eigenvalue weighted by molar-refractivity contribution is 5.60. The molecule has 88 valence electrons. The van der Waals surface area contributed by atoms with E-state index in [0.29, 0.717) is 29.2 Å². The molecule has 0 radical (unpaired) electrons. The molecule has 0 spiro atoms. The molecule has 0 saturated carbocycles. The number of benzene rings is 2. The first-order valence-electron chi connectivity index (χ1n) is 5.33. The van der Waals surface area contributed by atoms with Gasteiger partial charge >= 0.3 is 0 Å². The zero-order valence-corrected chi connectivity index (χ0v) is 9.48. The highest BCUT2D eigenvalue weighted by atomic mass is 14.6. The highest BCUT2D eigenvalue weighted by Gasteiger charge is 2.03. The van der Waals surface area contributed by atoms with E-state index in [9.17, 15) is 0 Å². The van der Waals surface area contributed by atoms with Crippen molar-refractivity contribution in [3.05, 3.63) is 47.5 Å². The lowest BCUT2D eigenvalue weighted by atomic mass is 10.0. The Kier molecular flexibility index (Phi) is 2.78. The second kappa shape index (κ2) is 4.25. The lowest BCUT2D eigenvalue weighted by molar-refractivity contribution is 1.20. The number of hydrogen-bond donors (Lipinski definition) is 4. The third-order valence-electron chi connectivity index (χ3n) is 2.60. The minimum atomic E-state index is 0.661. The molecule has 0 unspecified atom stereocenters. The Bertz CT molecular complexity index is 529. The van der Waals surface area contributed by atoms with E-state index >= 15 is 0 Å². The van der Waals surface area contributed by atoms with E-state index in [1.165, 1.54) is 0 Å². The second-order valence-corrected chi connectivity index (χ2v) is 4.14. The van der Waals surface area contributed by atoms with Crippen molar-refractivity contribution >= 4 is 22.7 Å². The van der Waals surface area contributed by atoms with Crippen LogP contribution in [0.15, 0.2) is 36.4 Å². The van der Waals surface area contributed by atoms with Gasteiger partial charge in [0.05, 0.1) is 0 Å². The van der Waals surface area contributed by atoms with Crippen molar-refractivity contribution in [3.63, 3.8) is 0 Å². The van der Waals surface area contributed by atoms with Crippen LogP contribution in [0.3, 0.4) is 0 Å². The SMILES string of the molecule is Nc1cc(N)cc(Cc2ccc(N)cc2N)c1. The zero-order chi connectivity index (χ0) is 12.4. The molecule has 0 aliphatic carbocycles. The molecule has 0 aromatic heterocycles. The predicted octanol–water partition coefficient (Wildman–Crippen LogP) is 1.61. The van der Waals surface area contributed by atoms with Crippen molar-refractivity contribution in [2.24, 2.45) is 0 Å². The Balaban J connectivity index is 2.31. The summed E-state index contributed by atoms with van der Waals surface area (Å²) in [6.07, 6.45) is 0.696.